The van der Waals surface area contributed by atoms with Crippen LogP contribution in [0.4, 0.5) is 10.1 Å². The molecule has 0 bridgehead atoms. The zero-order chi connectivity index (χ0) is 10.7. The predicted molar refractivity (Wildman–Crippen MR) is 57.1 cm³/mol. The molecular weight excluding hydrogens is 195 g/mol. The molecule has 1 heterocycles. The highest BCUT2D eigenvalue weighted by atomic mass is 19.1. The molecule has 0 aliphatic carbocycles. The maximum Gasteiger partial charge on any atom is 0.149 e. The molecule has 1 aromatic rings. The van der Waals surface area contributed by atoms with Crippen LogP contribution >= 0.6 is 0 Å². The Bertz CT molecular complexity index is 343. The van der Waals surface area contributed by atoms with E-state index < -0.39 is 0 Å². The second-order valence-corrected chi connectivity index (χ2v) is 3.57. The summed E-state index contributed by atoms with van der Waals surface area (Å²) in [6.07, 6.45) is 1.80. The number of rotatable bonds is 2. The van der Waals surface area contributed by atoms with Crippen LogP contribution in [0.1, 0.15) is 12.0 Å². The van der Waals surface area contributed by atoms with Crippen LogP contribution in [-0.2, 0) is 11.3 Å². The van der Waals surface area contributed by atoms with E-state index in [0.29, 0.717) is 19.0 Å². The van der Waals surface area contributed by atoms with Gasteiger partial charge in [0.1, 0.15) is 11.5 Å². The molecule has 1 aliphatic rings. The smallest absolute Gasteiger partial charge is 0.149 e. The van der Waals surface area contributed by atoms with Gasteiger partial charge in [0.15, 0.2) is 0 Å². The van der Waals surface area contributed by atoms with E-state index in [-0.39, 0.29) is 5.82 Å². The summed E-state index contributed by atoms with van der Waals surface area (Å²) in [5, 5.41) is 4.56. The first-order valence-electron chi connectivity index (χ1n) is 5.15. The average Bonchev–Trinajstić information content (AvgIpc) is 2.42. The van der Waals surface area contributed by atoms with Gasteiger partial charge in [-0.25, -0.2) is 9.45 Å². The topological polar surface area (TPSA) is 24.5 Å². The highest BCUT2D eigenvalue weighted by molar-refractivity contribution is 5.53. The first-order chi connectivity index (χ1) is 7.33. The summed E-state index contributed by atoms with van der Waals surface area (Å²) in [6, 6.07) is 5.17. The number of fused-ring (bicyclic) bond motifs is 1. The quantitative estimate of drug-likeness (QED) is 0.804. The predicted octanol–water partition coefficient (Wildman–Crippen LogP) is 1.69. The standard InChI is InChI=1S/C11H15FN2O/c1-13-8-14-11-9(5-3-7-15-14)4-2-6-10(11)12/h2,4,6,13H,3,5,7-8H2,1H3. The molecule has 0 fully saturated rings. The molecule has 82 valence electrons. The maximum atomic E-state index is 13.7. The zero-order valence-corrected chi connectivity index (χ0v) is 8.79. The van der Waals surface area contributed by atoms with Crippen LogP contribution in [0.25, 0.3) is 0 Å². The number of hydrogen-bond acceptors (Lipinski definition) is 3. The number of halogens is 1. The van der Waals surface area contributed by atoms with Gasteiger partial charge in [0.05, 0.1) is 13.3 Å². The van der Waals surface area contributed by atoms with Crippen molar-refractivity contribution < 1.29 is 9.23 Å². The summed E-state index contributed by atoms with van der Waals surface area (Å²) in [4.78, 5) is 5.48. The Balaban J connectivity index is 2.37. The highest BCUT2D eigenvalue weighted by Crippen LogP contribution is 2.27. The van der Waals surface area contributed by atoms with E-state index in [0.717, 1.165) is 18.4 Å². The highest BCUT2D eigenvalue weighted by Gasteiger charge is 2.19. The van der Waals surface area contributed by atoms with Crippen molar-refractivity contribution in [2.45, 2.75) is 12.8 Å². The van der Waals surface area contributed by atoms with Crippen molar-refractivity contribution in [1.82, 2.24) is 5.32 Å². The molecule has 0 saturated carbocycles. The van der Waals surface area contributed by atoms with Crippen molar-refractivity contribution in [3.8, 4) is 0 Å². The van der Waals surface area contributed by atoms with Crippen molar-refractivity contribution in [3.63, 3.8) is 0 Å². The van der Waals surface area contributed by atoms with Gasteiger partial charge < -0.3 is 5.32 Å². The van der Waals surface area contributed by atoms with Gasteiger partial charge in [0, 0.05) is 0 Å². The fraction of sp³-hybridized carbons (Fsp3) is 0.455. The van der Waals surface area contributed by atoms with Gasteiger partial charge in [-0.1, -0.05) is 12.1 Å². The summed E-state index contributed by atoms with van der Waals surface area (Å²) in [7, 11) is 1.81. The van der Waals surface area contributed by atoms with E-state index in [9.17, 15) is 4.39 Å². The summed E-state index contributed by atoms with van der Waals surface area (Å²) in [5.41, 5.74) is 1.59. The first-order valence-corrected chi connectivity index (χ1v) is 5.15. The van der Waals surface area contributed by atoms with Gasteiger partial charge in [-0.3, -0.25) is 4.84 Å². The maximum absolute atomic E-state index is 13.7. The zero-order valence-electron chi connectivity index (χ0n) is 8.79. The number of nitrogens with one attached hydrogen (secondary N) is 1. The minimum atomic E-state index is -0.218. The minimum absolute atomic E-state index is 0.218. The second kappa shape index (κ2) is 4.59. The molecule has 2 rings (SSSR count). The van der Waals surface area contributed by atoms with Gasteiger partial charge >= 0.3 is 0 Å². The molecule has 0 radical (unpaired) electrons. The molecule has 0 atom stereocenters. The molecule has 0 unspecified atom stereocenters. The number of nitrogens with zero attached hydrogens (tertiary/aromatic N) is 1. The van der Waals surface area contributed by atoms with Crippen LogP contribution in [0.5, 0.6) is 0 Å². The Hall–Kier alpha value is -1.13. The van der Waals surface area contributed by atoms with E-state index in [2.05, 4.69) is 5.32 Å². The molecule has 3 nitrogen and oxygen atoms in total. The van der Waals surface area contributed by atoms with E-state index in [1.54, 1.807) is 11.1 Å². The lowest BCUT2D eigenvalue weighted by molar-refractivity contribution is 0.106. The molecule has 1 N–H and O–H groups in total. The van der Waals surface area contributed by atoms with E-state index in [1.807, 2.05) is 13.1 Å². The van der Waals surface area contributed by atoms with Crippen LogP contribution in [-0.4, -0.2) is 20.3 Å². The number of anilines is 1. The Kier molecular flexibility index (Phi) is 3.18. The molecule has 0 spiro atoms. The van der Waals surface area contributed by atoms with E-state index in [1.165, 1.54) is 6.07 Å². The Labute approximate surface area is 88.8 Å². The fourth-order valence-electron chi connectivity index (χ4n) is 1.81. The second-order valence-electron chi connectivity index (χ2n) is 3.57. The van der Waals surface area contributed by atoms with Gasteiger partial charge in [-0.15, -0.1) is 0 Å². The van der Waals surface area contributed by atoms with Crippen molar-refractivity contribution in [2.24, 2.45) is 0 Å². The van der Waals surface area contributed by atoms with E-state index in [4.69, 9.17) is 4.84 Å². The first kappa shape index (κ1) is 10.4. The molecule has 1 aromatic carbocycles. The summed E-state index contributed by atoms with van der Waals surface area (Å²) >= 11 is 0. The lowest BCUT2D eigenvalue weighted by Crippen LogP contribution is -2.33. The Morgan fingerprint density at radius 3 is 3.20 bits per heavy atom. The van der Waals surface area contributed by atoms with Crippen LogP contribution in [0.3, 0.4) is 0 Å². The van der Waals surface area contributed by atoms with Crippen molar-refractivity contribution in [2.75, 3.05) is 25.4 Å². The summed E-state index contributed by atoms with van der Waals surface area (Å²) < 4.78 is 13.7. The monoisotopic (exact) mass is 210 g/mol. The van der Waals surface area contributed by atoms with Gasteiger partial charge in [-0.2, -0.15) is 0 Å². The van der Waals surface area contributed by atoms with Gasteiger partial charge in [0.2, 0.25) is 0 Å². The number of para-hydroxylation sites is 1. The average molecular weight is 210 g/mol. The summed E-state index contributed by atoms with van der Waals surface area (Å²) in [5.74, 6) is -0.218. The van der Waals surface area contributed by atoms with Crippen LogP contribution in [0, 0.1) is 5.82 Å². The lowest BCUT2D eigenvalue weighted by atomic mass is 10.1. The molecular formula is C11H15FN2O. The van der Waals surface area contributed by atoms with Crippen LogP contribution < -0.4 is 10.4 Å². The third-order valence-corrected chi connectivity index (χ3v) is 2.46. The molecule has 0 aromatic heterocycles. The SMILES string of the molecule is CNCN1OCCCc2cccc(F)c21. The number of benzene rings is 1. The molecule has 0 amide bonds. The van der Waals surface area contributed by atoms with Crippen molar-refractivity contribution >= 4 is 5.69 Å². The van der Waals surface area contributed by atoms with Gasteiger partial charge in [0.25, 0.3) is 0 Å². The number of aryl methyl sites for hydroxylation is 1. The molecule has 4 heteroatoms. The number of hydrogen-bond donors (Lipinski definition) is 1. The molecule has 15 heavy (non-hydrogen) atoms. The fourth-order valence-corrected chi connectivity index (χ4v) is 1.81. The third kappa shape index (κ3) is 2.11. The minimum Gasteiger partial charge on any atom is -0.301 e. The Morgan fingerprint density at radius 1 is 1.53 bits per heavy atom. The molecule has 1 aliphatic heterocycles. The van der Waals surface area contributed by atoms with Gasteiger partial charge in [-0.05, 0) is 31.5 Å². The normalized spacial score (nSPS) is 16.0. The third-order valence-electron chi connectivity index (χ3n) is 2.46. The number of hydroxylamine groups is 1. The Morgan fingerprint density at radius 2 is 2.40 bits per heavy atom. The van der Waals surface area contributed by atoms with E-state index >= 15 is 0 Å². The van der Waals surface area contributed by atoms with Crippen molar-refractivity contribution in [3.05, 3.63) is 29.6 Å². The largest absolute Gasteiger partial charge is 0.301 e. The van der Waals surface area contributed by atoms with Crippen LogP contribution in [0.15, 0.2) is 18.2 Å². The summed E-state index contributed by atoms with van der Waals surface area (Å²) in [6.45, 7) is 1.13. The van der Waals surface area contributed by atoms with Crippen molar-refractivity contribution in [1.29, 1.82) is 0 Å². The van der Waals surface area contributed by atoms with Crippen LogP contribution in [0.2, 0.25) is 0 Å². The molecule has 0 saturated heterocycles. The lowest BCUT2D eigenvalue weighted by Gasteiger charge is -2.23.